The van der Waals surface area contributed by atoms with E-state index in [0.717, 1.165) is 23.6 Å². The number of nitrogens with zero attached hydrogens (tertiary/aromatic N) is 3. The standard InChI is InChI=1S/C19H15FN4/c20-16-8-4-7-15(11-16)17-12-18(23-22-17)19-21-9-10-24(19)13-14-5-2-1-3-6-14/h1-12H,13H2,(H,22,23). The summed E-state index contributed by atoms with van der Waals surface area (Å²) in [6.45, 7) is 0.727. The number of halogens is 1. The van der Waals surface area contributed by atoms with Crippen LogP contribution in [0.4, 0.5) is 4.39 Å². The first-order chi connectivity index (χ1) is 11.8. The van der Waals surface area contributed by atoms with E-state index in [1.54, 1.807) is 12.3 Å². The molecule has 0 saturated heterocycles. The van der Waals surface area contributed by atoms with Crippen LogP contribution in [0.5, 0.6) is 0 Å². The Morgan fingerprint density at radius 1 is 1.00 bits per heavy atom. The van der Waals surface area contributed by atoms with Crippen molar-refractivity contribution in [1.82, 2.24) is 19.7 Å². The summed E-state index contributed by atoms with van der Waals surface area (Å²) < 4.78 is 15.4. The summed E-state index contributed by atoms with van der Waals surface area (Å²) in [6, 6.07) is 18.5. The fourth-order valence-electron chi connectivity index (χ4n) is 2.69. The largest absolute Gasteiger partial charge is 0.325 e. The fourth-order valence-corrected chi connectivity index (χ4v) is 2.69. The number of benzene rings is 2. The molecule has 2 heterocycles. The van der Waals surface area contributed by atoms with Crippen molar-refractivity contribution in [3.63, 3.8) is 0 Å². The predicted molar refractivity (Wildman–Crippen MR) is 90.7 cm³/mol. The average molecular weight is 318 g/mol. The summed E-state index contributed by atoms with van der Waals surface area (Å²) >= 11 is 0. The van der Waals surface area contributed by atoms with Crippen LogP contribution in [-0.4, -0.2) is 19.7 Å². The van der Waals surface area contributed by atoms with E-state index in [-0.39, 0.29) is 5.82 Å². The first kappa shape index (κ1) is 14.4. The van der Waals surface area contributed by atoms with Crippen LogP contribution >= 0.6 is 0 Å². The normalized spacial score (nSPS) is 10.9. The van der Waals surface area contributed by atoms with Gasteiger partial charge in [-0.05, 0) is 23.8 Å². The minimum absolute atomic E-state index is 0.275. The predicted octanol–water partition coefficient (Wildman–Crippen LogP) is 4.13. The van der Waals surface area contributed by atoms with E-state index in [0.29, 0.717) is 5.69 Å². The van der Waals surface area contributed by atoms with Gasteiger partial charge in [0, 0.05) is 24.5 Å². The van der Waals surface area contributed by atoms with Gasteiger partial charge in [0.05, 0.1) is 5.69 Å². The van der Waals surface area contributed by atoms with Crippen LogP contribution in [0.25, 0.3) is 22.8 Å². The van der Waals surface area contributed by atoms with Crippen molar-refractivity contribution in [3.05, 3.63) is 84.4 Å². The van der Waals surface area contributed by atoms with Crippen molar-refractivity contribution in [2.45, 2.75) is 6.54 Å². The van der Waals surface area contributed by atoms with E-state index in [1.807, 2.05) is 36.5 Å². The molecule has 0 radical (unpaired) electrons. The van der Waals surface area contributed by atoms with Gasteiger partial charge in [0.15, 0.2) is 5.82 Å². The molecule has 4 aromatic rings. The number of aromatic nitrogens is 4. The van der Waals surface area contributed by atoms with Crippen LogP contribution in [-0.2, 0) is 6.54 Å². The van der Waals surface area contributed by atoms with Crippen LogP contribution < -0.4 is 0 Å². The second kappa shape index (κ2) is 6.12. The van der Waals surface area contributed by atoms with E-state index in [9.17, 15) is 4.39 Å². The molecule has 2 aromatic carbocycles. The lowest BCUT2D eigenvalue weighted by molar-refractivity contribution is 0.628. The van der Waals surface area contributed by atoms with E-state index in [4.69, 9.17) is 0 Å². The number of hydrogen-bond donors (Lipinski definition) is 1. The summed E-state index contributed by atoms with van der Waals surface area (Å²) in [7, 11) is 0. The molecular formula is C19H15FN4. The highest BCUT2D eigenvalue weighted by atomic mass is 19.1. The van der Waals surface area contributed by atoms with E-state index in [1.165, 1.54) is 17.7 Å². The van der Waals surface area contributed by atoms with E-state index < -0.39 is 0 Å². The topological polar surface area (TPSA) is 46.5 Å². The number of rotatable bonds is 4. The third kappa shape index (κ3) is 2.84. The lowest BCUT2D eigenvalue weighted by Gasteiger charge is -2.06. The highest BCUT2D eigenvalue weighted by molar-refractivity contribution is 5.65. The van der Waals surface area contributed by atoms with Crippen LogP contribution in [0.2, 0.25) is 0 Å². The smallest absolute Gasteiger partial charge is 0.158 e. The molecule has 0 aliphatic rings. The lowest BCUT2D eigenvalue weighted by Crippen LogP contribution is -2.01. The molecular weight excluding hydrogens is 303 g/mol. The van der Waals surface area contributed by atoms with Crippen molar-refractivity contribution in [3.8, 4) is 22.8 Å². The zero-order valence-electron chi connectivity index (χ0n) is 12.9. The van der Waals surface area contributed by atoms with Crippen LogP contribution in [0.15, 0.2) is 73.1 Å². The highest BCUT2D eigenvalue weighted by Gasteiger charge is 2.11. The molecule has 0 bridgehead atoms. The zero-order valence-corrected chi connectivity index (χ0v) is 12.9. The second-order valence-electron chi connectivity index (χ2n) is 5.54. The van der Waals surface area contributed by atoms with Gasteiger partial charge in [0.1, 0.15) is 11.5 Å². The SMILES string of the molecule is Fc1cccc(-c2cc(-c3nccn3Cc3ccccc3)[nH]n2)c1. The van der Waals surface area contributed by atoms with Gasteiger partial charge in [-0.15, -0.1) is 0 Å². The Morgan fingerprint density at radius 2 is 1.88 bits per heavy atom. The molecule has 0 aliphatic heterocycles. The molecule has 0 aliphatic carbocycles. The summed E-state index contributed by atoms with van der Waals surface area (Å²) in [5, 5.41) is 7.28. The molecule has 0 fully saturated rings. The third-order valence-electron chi connectivity index (χ3n) is 3.85. The number of imidazole rings is 1. The maximum atomic E-state index is 13.4. The van der Waals surface area contributed by atoms with Gasteiger partial charge in [-0.2, -0.15) is 5.10 Å². The summed E-state index contributed by atoms with van der Waals surface area (Å²) in [6.07, 6.45) is 3.70. The van der Waals surface area contributed by atoms with Gasteiger partial charge in [-0.25, -0.2) is 9.37 Å². The summed E-state index contributed by atoms with van der Waals surface area (Å²) in [5.74, 6) is 0.525. The molecule has 0 unspecified atom stereocenters. The lowest BCUT2D eigenvalue weighted by atomic mass is 10.1. The van der Waals surface area contributed by atoms with Crippen molar-refractivity contribution >= 4 is 0 Å². The van der Waals surface area contributed by atoms with Gasteiger partial charge < -0.3 is 4.57 Å². The van der Waals surface area contributed by atoms with Crippen molar-refractivity contribution < 1.29 is 4.39 Å². The molecule has 1 N–H and O–H groups in total. The molecule has 0 amide bonds. The van der Waals surface area contributed by atoms with Crippen molar-refractivity contribution in [2.24, 2.45) is 0 Å². The van der Waals surface area contributed by atoms with Crippen LogP contribution in [0.3, 0.4) is 0 Å². The molecule has 24 heavy (non-hydrogen) atoms. The molecule has 0 atom stereocenters. The van der Waals surface area contributed by atoms with Gasteiger partial charge in [-0.1, -0.05) is 42.5 Å². The number of H-pyrrole nitrogens is 1. The third-order valence-corrected chi connectivity index (χ3v) is 3.85. The Morgan fingerprint density at radius 3 is 2.71 bits per heavy atom. The van der Waals surface area contributed by atoms with Gasteiger partial charge in [-0.3, -0.25) is 5.10 Å². The summed E-state index contributed by atoms with van der Waals surface area (Å²) in [4.78, 5) is 4.42. The fraction of sp³-hybridized carbons (Fsp3) is 0.0526. The number of nitrogens with one attached hydrogen (secondary N) is 1. The molecule has 118 valence electrons. The molecule has 0 spiro atoms. The molecule has 4 rings (SSSR count). The zero-order chi connectivity index (χ0) is 16.4. The molecule has 4 nitrogen and oxygen atoms in total. The Kier molecular flexibility index (Phi) is 3.67. The van der Waals surface area contributed by atoms with Crippen molar-refractivity contribution in [2.75, 3.05) is 0 Å². The molecule has 0 saturated carbocycles. The summed E-state index contributed by atoms with van der Waals surface area (Å²) in [5.41, 5.74) is 3.43. The second-order valence-corrected chi connectivity index (χ2v) is 5.54. The van der Waals surface area contributed by atoms with Gasteiger partial charge in [0.25, 0.3) is 0 Å². The average Bonchev–Trinajstić information content (AvgIpc) is 3.25. The first-order valence-electron chi connectivity index (χ1n) is 7.66. The number of aromatic amines is 1. The van der Waals surface area contributed by atoms with Gasteiger partial charge >= 0.3 is 0 Å². The molecule has 2 aromatic heterocycles. The van der Waals surface area contributed by atoms with Crippen LogP contribution in [0.1, 0.15) is 5.56 Å². The Balaban J connectivity index is 1.65. The Bertz CT molecular complexity index is 956. The van der Waals surface area contributed by atoms with Crippen LogP contribution in [0, 0.1) is 5.82 Å². The maximum Gasteiger partial charge on any atom is 0.158 e. The Labute approximate surface area is 138 Å². The van der Waals surface area contributed by atoms with Crippen molar-refractivity contribution in [1.29, 1.82) is 0 Å². The van der Waals surface area contributed by atoms with E-state index >= 15 is 0 Å². The Hall–Kier alpha value is -3.21. The minimum Gasteiger partial charge on any atom is -0.325 e. The van der Waals surface area contributed by atoms with Gasteiger partial charge in [0.2, 0.25) is 0 Å². The first-order valence-corrected chi connectivity index (χ1v) is 7.66. The quantitative estimate of drug-likeness (QED) is 0.615. The molecule has 5 heteroatoms. The van der Waals surface area contributed by atoms with E-state index in [2.05, 4.69) is 31.9 Å². The minimum atomic E-state index is -0.275. The monoisotopic (exact) mass is 318 g/mol. The highest BCUT2D eigenvalue weighted by Crippen LogP contribution is 2.23. The maximum absolute atomic E-state index is 13.4. The number of hydrogen-bond acceptors (Lipinski definition) is 2.